The molecule has 5 fully saturated rings. The van der Waals surface area contributed by atoms with Crippen LogP contribution >= 0.6 is 0 Å². The predicted octanol–water partition coefficient (Wildman–Crippen LogP) is 8.25. The molecule has 0 unspecified atom stereocenters. The molecule has 7 nitrogen and oxygen atoms in total. The zero-order chi connectivity index (χ0) is 36.4. The summed E-state index contributed by atoms with van der Waals surface area (Å²) >= 11 is 0. The number of aliphatic hydroxyl groups excluding tert-OH is 2. The summed E-state index contributed by atoms with van der Waals surface area (Å²) in [6.07, 6.45) is 6.21. The second-order valence-electron chi connectivity index (χ2n) is 17.4. The fourth-order valence-corrected chi connectivity index (χ4v) is 11.4. The van der Waals surface area contributed by atoms with Crippen LogP contribution in [0, 0.1) is 34.5 Å². The third-order valence-corrected chi connectivity index (χ3v) is 14.5. The first-order valence-electron chi connectivity index (χ1n) is 20.4. The van der Waals surface area contributed by atoms with E-state index in [2.05, 4.69) is 26.0 Å². The average Bonchev–Trinajstić information content (AvgIpc) is 3.49. The van der Waals surface area contributed by atoms with Gasteiger partial charge in [0.2, 0.25) is 0 Å². The van der Waals surface area contributed by atoms with E-state index < -0.39 is 30.7 Å². The number of hydrogen-bond acceptors (Lipinski definition) is 7. The van der Waals surface area contributed by atoms with Crippen LogP contribution in [0.15, 0.2) is 91.0 Å². The van der Waals surface area contributed by atoms with E-state index in [1.165, 1.54) is 25.7 Å². The van der Waals surface area contributed by atoms with Crippen LogP contribution in [-0.4, -0.2) is 59.7 Å². The number of rotatable bonds is 12. The molecular formula is C46H60O7. The smallest absolute Gasteiger partial charge is 0.186 e. The molecular weight excluding hydrogens is 664 g/mol. The zero-order valence-corrected chi connectivity index (χ0v) is 31.6. The van der Waals surface area contributed by atoms with Crippen molar-refractivity contribution in [3.8, 4) is 0 Å². The number of ether oxygens (including phenoxy) is 5. The maximum atomic E-state index is 12.1. The van der Waals surface area contributed by atoms with E-state index in [9.17, 15) is 10.2 Å². The Kier molecular flexibility index (Phi) is 11.4. The molecule has 286 valence electrons. The van der Waals surface area contributed by atoms with Crippen molar-refractivity contribution in [1.29, 1.82) is 0 Å². The van der Waals surface area contributed by atoms with E-state index in [0.29, 0.717) is 37.6 Å². The molecule has 5 aliphatic rings. The van der Waals surface area contributed by atoms with E-state index in [-0.39, 0.29) is 29.6 Å². The van der Waals surface area contributed by atoms with Crippen LogP contribution in [0.1, 0.15) is 88.3 Å². The molecule has 0 amide bonds. The highest BCUT2D eigenvalue weighted by Crippen LogP contribution is 2.66. The Labute approximate surface area is 316 Å². The van der Waals surface area contributed by atoms with E-state index >= 15 is 0 Å². The summed E-state index contributed by atoms with van der Waals surface area (Å²) in [5.74, 6) is 2.67. The van der Waals surface area contributed by atoms with Gasteiger partial charge in [0.05, 0.1) is 38.6 Å². The van der Waals surface area contributed by atoms with Gasteiger partial charge >= 0.3 is 0 Å². The topological polar surface area (TPSA) is 86.6 Å². The van der Waals surface area contributed by atoms with Gasteiger partial charge in [0, 0.05) is 0 Å². The van der Waals surface area contributed by atoms with Gasteiger partial charge in [0.15, 0.2) is 6.29 Å². The van der Waals surface area contributed by atoms with Crippen molar-refractivity contribution < 1.29 is 33.9 Å². The van der Waals surface area contributed by atoms with Crippen LogP contribution in [0.4, 0.5) is 0 Å². The van der Waals surface area contributed by atoms with Crippen molar-refractivity contribution in [1.82, 2.24) is 0 Å². The SMILES string of the molecule is C[C@]12CC[C@@H](O[C@H]3O[C@H](COCc4ccccc4)[C@@H](OCc4ccccc4)[C@H](OCc4ccccc4)[C@H]3O)C[C@@H]1CC[C@@H]1[C@@H]2CC[C@]2(C)[C@@H](O)CC[C@@H]12. The van der Waals surface area contributed by atoms with Gasteiger partial charge in [0.1, 0.15) is 24.4 Å². The van der Waals surface area contributed by atoms with Crippen molar-refractivity contribution >= 4 is 0 Å². The van der Waals surface area contributed by atoms with Crippen LogP contribution in [-0.2, 0) is 43.5 Å². The minimum atomic E-state index is -1.04. The van der Waals surface area contributed by atoms with Crippen LogP contribution in [0.3, 0.4) is 0 Å². The Hall–Kier alpha value is -2.62. The molecule has 0 spiro atoms. The molecule has 3 aromatic rings. The standard InChI is InChI=1S/C46H60O7/c1-45-24-22-35(26-34(45)18-19-36-37-20-21-40(47)46(37,2)25-23-38(36)45)52-44-41(48)43(51-29-33-16-10-5-11-17-33)42(50-28-32-14-8-4-9-15-32)39(53-44)30-49-27-31-12-6-3-7-13-31/h3-17,34-44,47-48H,18-30H2,1-2H3/t34-,35+,36-,37-,38-,39+,40-,41+,42+,43+,44-,45-,46-/m0/s1. The lowest BCUT2D eigenvalue weighted by Gasteiger charge is -2.61. The normalized spacial score (nSPS) is 39.5. The third kappa shape index (κ3) is 7.78. The maximum absolute atomic E-state index is 12.1. The van der Waals surface area contributed by atoms with Crippen LogP contribution in [0.25, 0.3) is 0 Å². The van der Waals surface area contributed by atoms with E-state index in [0.717, 1.165) is 54.7 Å². The van der Waals surface area contributed by atoms with Gasteiger partial charge in [0.25, 0.3) is 0 Å². The summed E-state index contributed by atoms with van der Waals surface area (Å²) in [5, 5.41) is 23.0. The molecule has 0 bridgehead atoms. The minimum Gasteiger partial charge on any atom is -0.393 e. The van der Waals surface area contributed by atoms with Crippen molar-refractivity contribution in [2.24, 2.45) is 34.5 Å². The highest BCUT2D eigenvalue weighted by Gasteiger charge is 2.60. The van der Waals surface area contributed by atoms with E-state index in [1.807, 2.05) is 78.9 Å². The molecule has 4 aliphatic carbocycles. The van der Waals surface area contributed by atoms with Gasteiger partial charge in [-0.2, -0.15) is 0 Å². The van der Waals surface area contributed by atoms with Gasteiger partial charge in [-0.1, -0.05) is 105 Å². The van der Waals surface area contributed by atoms with Crippen molar-refractivity contribution in [2.45, 2.75) is 134 Å². The molecule has 1 aliphatic heterocycles. The van der Waals surface area contributed by atoms with Gasteiger partial charge in [-0.05, 0) is 109 Å². The summed E-state index contributed by atoms with van der Waals surface area (Å²) in [6, 6.07) is 30.3. The summed E-state index contributed by atoms with van der Waals surface area (Å²) < 4.78 is 33.1. The summed E-state index contributed by atoms with van der Waals surface area (Å²) in [5.41, 5.74) is 3.54. The second-order valence-corrected chi connectivity index (χ2v) is 17.4. The lowest BCUT2D eigenvalue weighted by molar-refractivity contribution is -0.331. The molecule has 4 saturated carbocycles. The molecule has 3 aromatic carbocycles. The second kappa shape index (κ2) is 16.2. The van der Waals surface area contributed by atoms with Crippen LogP contribution in [0.5, 0.6) is 0 Å². The molecule has 1 saturated heterocycles. The minimum absolute atomic E-state index is 0.00567. The fourth-order valence-electron chi connectivity index (χ4n) is 11.4. The van der Waals surface area contributed by atoms with Gasteiger partial charge in [-0.3, -0.25) is 0 Å². The fraction of sp³-hybridized carbons (Fsp3) is 0.609. The molecule has 13 atom stereocenters. The van der Waals surface area contributed by atoms with Crippen molar-refractivity contribution in [3.05, 3.63) is 108 Å². The molecule has 8 rings (SSSR count). The Morgan fingerprint density at radius 2 is 1.23 bits per heavy atom. The molecule has 1 heterocycles. The highest BCUT2D eigenvalue weighted by atomic mass is 16.7. The first-order chi connectivity index (χ1) is 25.8. The average molecular weight is 725 g/mol. The lowest BCUT2D eigenvalue weighted by Crippen LogP contribution is -2.62. The number of aliphatic hydroxyl groups is 2. The maximum Gasteiger partial charge on any atom is 0.186 e. The molecule has 0 radical (unpaired) electrons. The Morgan fingerprint density at radius 3 is 1.89 bits per heavy atom. The summed E-state index contributed by atoms with van der Waals surface area (Å²) in [4.78, 5) is 0. The summed E-state index contributed by atoms with van der Waals surface area (Å²) in [6.45, 7) is 6.34. The third-order valence-electron chi connectivity index (χ3n) is 14.5. The van der Waals surface area contributed by atoms with Gasteiger partial charge in [-0.15, -0.1) is 0 Å². The Bertz CT molecular complexity index is 1590. The van der Waals surface area contributed by atoms with Crippen molar-refractivity contribution in [3.63, 3.8) is 0 Å². The van der Waals surface area contributed by atoms with Crippen LogP contribution < -0.4 is 0 Å². The number of hydrogen-bond donors (Lipinski definition) is 2. The van der Waals surface area contributed by atoms with E-state index in [1.54, 1.807) is 0 Å². The highest BCUT2D eigenvalue weighted by molar-refractivity contribution is 5.16. The van der Waals surface area contributed by atoms with Crippen molar-refractivity contribution in [2.75, 3.05) is 6.61 Å². The summed E-state index contributed by atoms with van der Waals surface area (Å²) in [7, 11) is 0. The first kappa shape index (κ1) is 37.3. The lowest BCUT2D eigenvalue weighted by atomic mass is 9.45. The molecule has 7 heteroatoms. The van der Waals surface area contributed by atoms with E-state index in [4.69, 9.17) is 23.7 Å². The molecule has 53 heavy (non-hydrogen) atoms. The Morgan fingerprint density at radius 1 is 0.642 bits per heavy atom. The van der Waals surface area contributed by atoms with Gasteiger partial charge in [-0.25, -0.2) is 0 Å². The predicted molar refractivity (Wildman–Crippen MR) is 203 cm³/mol. The van der Waals surface area contributed by atoms with Gasteiger partial charge < -0.3 is 33.9 Å². The van der Waals surface area contributed by atoms with Crippen LogP contribution in [0.2, 0.25) is 0 Å². The first-order valence-corrected chi connectivity index (χ1v) is 20.4. The molecule has 0 aromatic heterocycles. The quantitative estimate of drug-likeness (QED) is 0.182. The monoisotopic (exact) mass is 724 g/mol. The number of fused-ring (bicyclic) bond motifs is 5. The zero-order valence-electron chi connectivity index (χ0n) is 31.6. The number of benzene rings is 3. The largest absolute Gasteiger partial charge is 0.393 e. The molecule has 2 N–H and O–H groups in total. The Balaban J connectivity index is 0.986.